The number of fused-ring (bicyclic) bond motifs is 1. The summed E-state index contributed by atoms with van der Waals surface area (Å²) in [6, 6.07) is 26.4. The standard InChI is InChI=1S/C23H26N2.C4H4O4/c1-18(22-13-7-9-20-8-5-6-12-23(20)22)24-16-19-14-15-25(17-19)21-10-3-2-4-11-21;5-3(6)1-2-4(7)8/h2-13,18-19,24H,14-17H2,1H3;1-2H,(H,5,6)(H,7,8)/t18-,19?;/m1./s1. The van der Waals surface area contributed by atoms with Gasteiger partial charge in [0.25, 0.3) is 0 Å². The molecule has 0 bridgehead atoms. The van der Waals surface area contributed by atoms with E-state index in [-0.39, 0.29) is 0 Å². The highest BCUT2D eigenvalue weighted by molar-refractivity contribution is 5.89. The Morgan fingerprint density at radius 1 is 0.970 bits per heavy atom. The van der Waals surface area contributed by atoms with Gasteiger partial charge in [-0.25, -0.2) is 9.59 Å². The Hall–Kier alpha value is -3.64. The fourth-order valence-electron chi connectivity index (χ4n) is 4.10. The summed E-state index contributed by atoms with van der Waals surface area (Å²) >= 11 is 0. The molecule has 2 atom stereocenters. The second kappa shape index (κ2) is 11.8. The van der Waals surface area contributed by atoms with Crippen molar-refractivity contribution < 1.29 is 19.8 Å². The molecule has 1 aliphatic heterocycles. The van der Waals surface area contributed by atoms with E-state index in [0.717, 1.165) is 19.0 Å². The summed E-state index contributed by atoms with van der Waals surface area (Å²) in [7, 11) is 0. The molecule has 1 fully saturated rings. The molecule has 1 heterocycles. The van der Waals surface area contributed by atoms with E-state index in [0.29, 0.717) is 18.2 Å². The molecule has 0 aromatic heterocycles. The number of rotatable bonds is 7. The summed E-state index contributed by atoms with van der Waals surface area (Å²) in [5, 5.41) is 22.1. The van der Waals surface area contributed by atoms with Gasteiger partial charge in [-0.3, -0.25) is 0 Å². The number of hydrogen-bond acceptors (Lipinski definition) is 4. The zero-order valence-corrected chi connectivity index (χ0v) is 18.7. The van der Waals surface area contributed by atoms with Gasteiger partial charge in [0.05, 0.1) is 0 Å². The number of para-hydroxylation sites is 1. The predicted molar refractivity (Wildman–Crippen MR) is 132 cm³/mol. The largest absolute Gasteiger partial charge is 0.478 e. The summed E-state index contributed by atoms with van der Waals surface area (Å²) in [4.78, 5) is 21.6. The number of anilines is 1. The maximum atomic E-state index is 9.55. The first kappa shape index (κ1) is 24.0. The summed E-state index contributed by atoms with van der Waals surface area (Å²) in [6.07, 6.45) is 2.38. The lowest BCUT2D eigenvalue weighted by molar-refractivity contribution is -0.134. The van der Waals surface area contributed by atoms with Gasteiger partial charge in [0.1, 0.15) is 0 Å². The minimum Gasteiger partial charge on any atom is -0.478 e. The first-order valence-corrected chi connectivity index (χ1v) is 11.1. The molecule has 3 N–H and O–H groups in total. The molecule has 0 saturated carbocycles. The van der Waals surface area contributed by atoms with Gasteiger partial charge < -0.3 is 20.4 Å². The lowest BCUT2D eigenvalue weighted by Crippen LogP contribution is -2.28. The molecule has 0 radical (unpaired) electrons. The van der Waals surface area contributed by atoms with E-state index >= 15 is 0 Å². The van der Waals surface area contributed by atoms with Crippen LogP contribution in [0.25, 0.3) is 10.8 Å². The summed E-state index contributed by atoms with van der Waals surface area (Å²) in [5.41, 5.74) is 2.75. The van der Waals surface area contributed by atoms with Crippen LogP contribution in [0.4, 0.5) is 5.69 Å². The van der Waals surface area contributed by atoms with E-state index in [9.17, 15) is 9.59 Å². The highest BCUT2D eigenvalue weighted by Crippen LogP contribution is 2.26. The van der Waals surface area contributed by atoms with Crippen LogP contribution in [0.1, 0.15) is 24.9 Å². The number of nitrogens with one attached hydrogen (secondary N) is 1. The second-order valence-electron chi connectivity index (χ2n) is 8.14. The minimum atomic E-state index is -1.26. The second-order valence-corrected chi connectivity index (χ2v) is 8.14. The average Bonchev–Trinajstić information content (AvgIpc) is 3.31. The van der Waals surface area contributed by atoms with E-state index in [4.69, 9.17) is 10.2 Å². The number of carboxylic acid groups (broad SMARTS) is 2. The molecule has 1 aliphatic rings. The maximum absolute atomic E-state index is 9.55. The predicted octanol–water partition coefficient (Wildman–Crippen LogP) is 4.73. The van der Waals surface area contributed by atoms with Crippen molar-refractivity contribution in [3.63, 3.8) is 0 Å². The number of nitrogens with zero attached hydrogens (tertiary/aromatic N) is 1. The van der Waals surface area contributed by atoms with Crippen LogP contribution in [0.5, 0.6) is 0 Å². The summed E-state index contributed by atoms with van der Waals surface area (Å²) in [6.45, 7) is 5.68. The number of carboxylic acids is 2. The van der Waals surface area contributed by atoms with E-state index in [2.05, 4.69) is 89.9 Å². The smallest absolute Gasteiger partial charge is 0.328 e. The van der Waals surface area contributed by atoms with Crippen LogP contribution in [-0.2, 0) is 9.59 Å². The van der Waals surface area contributed by atoms with Crippen molar-refractivity contribution in [2.45, 2.75) is 19.4 Å². The molecule has 0 spiro atoms. The number of hydrogen-bond donors (Lipinski definition) is 3. The molecule has 4 rings (SSSR count). The van der Waals surface area contributed by atoms with Crippen LogP contribution >= 0.6 is 0 Å². The highest BCUT2D eigenvalue weighted by Gasteiger charge is 2.23. The third kappa shape index (κ3) is 7.19. The molecule has 1 saturated heterocycles. The lowest BCUT2D eigenvalue weighted by Gasteiger charge is -2.21. The van der Waals surface area contributed by atoms with Gasteiger partial charge in [-0.05, 0) is 47.7 Å². The van der Waals surface area contributed by atoms with E-state index in [1.165, 1.54) is 35.0 Å². The van der Waals surface area contributed by atoms with Gasteiger partial charge in [-0.2, -0.15) is 0 Å². The van der Waals surface area contributed by atoms with Gasteiger partial charge in [-0.1, -0.05) is 60.7 Å². The van der Waals surface area contributed by atoms with Crippen molar-refractivity contribution in [2.24, 2.45) is 5.92 Å². The van der Waals surface area contributed by atoms with Crippen molar-refractivity contribution in [2.75, 3.05) is 24.5 Å². The zero-order chi connectivity index (χ0) is 23.6. The first-order chi connectivity index (χ1) is 15.9. The molecule has 6 nitrogen and oxygen atoms in total. The molecule has 172 valence electrons. The van der Waals surface area contributed by atoms with Crippen LogP contribution in [0.2, 0.25) is 0 Å². The molecule has 0 amide bonds. The number of benzene rings is 3. The van der Waals surface area contributed by atoms with Crippen LogP contribution in [0.3, 0.4) is 0 Å². The van der Waals surface area contributed by atoms with Gasteiger partial charge in [0, 0.05) is 43.5 Å². The molecular weight excluding hydrogens is 416 g/mol. The Kier molecular flexibility index (Phi) is 8.61. The SMILES string of the molecule is C[C@@H](NCC1CCN(c2ccccc2)C1)c1cccc2ccccc12.O=C(O)C=CC(=O)O. The molecule has 3 aromatic rings. The maximum Gasteiger partial charge on any atom is 0.328 e. The Morgan fingerprint density at radius 2 is 1.61 bits per heavy atom. The monoisotopic (exact) mass is 446 g/mol. The summed E-state index contributed by atoms with van der Waals surface area (Å²) in [5.74, 6) is -1.79. The highest BCUT2D eigenvalue weighted by atomic mass is 16.4. The molecule has 1 unspecified atom stereocenters. The van der Waals surface area contributed by atoms with Crippen molar-refractivity contribution >= 4 is 28.4 Å². The lowest BCUT2D eigenvalue weighted by atomic mass is 9.99. The number of carbonyl (C=O) groups is 2. The minimum absolute atomic E-state index is 0.372. The van der Waals surface area contributed by atoms with Crippen molar-refractivity contribution in [1.29, 1.82) is 0 Å². The molecule has 0 aliphatic carbocycles. The van der Waals surface area contributed by atoms with Gasteiger partial charge in [-0.15, -0.1) is 0 Å². The topological polar surface area (TPSA) is 89.9 Å². The Bertz CT molecular complexity index is 1080. The van der Waals surface area contributed by atoms with Crippen LogP contribution < -0.4 is 10.2 Å². The third-order valence-electron chi connectivity index (χ3n) is 5.78. The van der Waals surface area contributed by atoms with E-state index < -0.39 is 11.9 Å². The van der Waals surface area contributed by atoms with E-state index in [1.807, 2.05) is 0 Å². The van der Waals surface area contributed by atoms with Gasteiger partial charge >= 0.3 is 11.9 Å². The van der Waals surface area contributed by atoms with Crippen molar-refractivity contribution in [3.05, 3.63) is 90.5 Å². The third-order valence-corrected chi connectivity index (χ3v) is 5.78. The molecule has 3 aromatic carbocycles. The number of aliphatic carboxylic acids is 2. The summed E-state index contributed by atoms with van der Waals surface area (Å²) < 4.78 is 0. The molecular formula is C27H30N2O4. The van der Waals surface area contributed by atoms with Crippen LogP contribution in [0, 0.1) is 5.92 Å². The van der Waals surface area contributed by atoms with Crippen LogP contribution in [0.15, 0.2) is 84.9 Å². The Morgan fingerprint density at radius 3 is 2.30 bits per heavy atom. The zero-order valence-electron chi connectivity index (χ0n) is 18.7. The fourth-order valence-corrected chi connectivity index (χ4v) is 4.10. The Labute approximate surface area is 194 Å². The van der Waals surface area contributed by atoms with Gasteiger partial charge in [0.2, 0.25) is 0 Å². The van der Waals surface area contributed by atoms with Crippen molar-refractivity contribution in [1.82, 2.24) is 5.32 Å². The first-order valence-electron chi connectivity index (χ1n) is 11.1. The fraction of sp³-hybridized carbons (Fsp3) is 0.259. The Balaban J connectivity index is 0.000000331. The van der Waals surface area contributed by atoms with E-state index in [1.54, 1.807) is 0 Å². The van der Waals surface area contributed by atoms with Gasteiger partial charge in [0.15, 0.2) is 0 Å². The normalized spacial score (nSPS) is 16.4. The van der Waals surface area contributed by atoms with Crippen molar-refractivity contribution in [3.8, 4) is 0 Å². The molecule has 33 heavy (non-hydrogen) atoms. The molecule has 6 heteroatoms. The van der Waals surface area contributed by atoms with Crippen LogP contribution in [-0.4, -0.2) is 41.8 Å². The average molecular weight is 447 g/mol. The quantitative estimate of drug-likeness (QED) is 0.455.